The highest BCUT2D eigenvalue weighted by molar-refractivity contribution is 7.92. The number of anilines is 2. The van der Waals surface area contributed by atoms with Gasteiger partial charge in [-0.05, 0) is 54.4 Å². The first-order valence-electron chi connectivity index (χ1n) is 8.99. The van der Waals surface area contributed by atoms with Crippen molar-refractivity contribution in [1.82, 2.24) is 0 Å². The summed E-state index contributed by atoms with van der Waals surface area (Å²) in [6.07, 6.45) is 0. The third kappa shape index (κ3) is 5.01. The molecule has 3 aromatic rings. The second-order valence-corrected chi connectivity index (χ2v) is 8.72. The summed E-state index contributed by atoms with van der Waals surface area (Å²) in [7, 11) is -4.28. The SMILES string of the molecule is Cc1ccc(F)c(S(=O)(=O)Nc2cc(NC(=O)c3c(F)cccc3Cl)ccc2CN)c1. The van der Waals surface area contributed by atoms with Crippen molar-refractivity contribution < 1.29 is 22.0 Å². The summed E-state index contributed by atoms with van der Waals surface area (Å²) in [6.45, 7) is 1.61. The van der Waals surface area contributed by atoms with Gasteiger partial charge in [0.05, 0.1) is 16.3 Å². The molecule has 0 atom stereocenters. The minimum Gasteiger partial charge on any atom is -0.326 e. The molecule has 0 bridgehead atoms. The van der Waals surface area contributed by atoms with Crippen LogP contribution < -0.4 is 15.8 Å². The Kier molecular flexibility index (Phi) is 6.59. The molecule has 0 aliphatic rings. The number of aryl methyl sites for hydroxylation is 1. The summed E-state index contributed by atoms with van der Waals surface area (Å²) < 4.78 is 55.9. The average molecular weight is 466 g/mol. The molecule has 0 radical (unpaired) electrons. The van der Waals surface area contributed by atoms with Crippen molar-refractivity contribution in [3.63, 3.8) is 0 Å². The molecule has 0 aliphatic carbocycles. The number of sulfonamides is 1. The van der Waals surface area contributed by atoms with Gasteiger partial charge in [-0.1, -0.05) is 29.8 Å². The van der Waals surface area contributed by atoms with Crippen molar-refractivity contribution in [3.8, 4) is 0 Å². The largest absolute Gasteiger partial charge is 0.326 e. The van der Waals surface area contributed by atoms with Crippen molar-refractivity contribution in [2.24, 2.45) is 5.73 Å². The Balaban J connectivity index is 1.94. The highest BCUT2D eigenvalue weighted by Gasteiger charge is 2.21. The molecule has 31 heavy (non-hydrogen) atoms. The number of nitrogens with two attached hydrogens (primary N) is 1. The van der Waals surface area contributed by atoms with E-state index in [-0.39, 0.29) is 28.5 Å². The van der Waals surface area contributed by atoms with Crippen LogP contribution in [-0.4, -0.2) is 14.3 Å². The quantitative estimate of drug-likeness (QED) is 0.501. The van der Waals surface area contributed by atoms with Gasteiger partial charge in [-0.25, -0.2) is 17.2 Å². The maximum absolute atomic E-state index is 14.1. The summed E-state index contributed by atoms with van der Waals surface area (Å²) in [5.74, 6) is -2.53. The Morgan fingerprint density at radius 3 is 2.48 bits per heavy atom. The summed E-state index contributed by atoms with van der Waals surface area (Å²) >= 11 is 5.91. The number of halogens is 3. The molecule has 3 rings (SSSR count). The van der Waals surface area contributed by atoms with Crippen molar-refractivity contribution in [2.75, 3.05) is 10.0 Å². The first kappa shape index (κ1) is 22.7. The highest BCUT2D eigenvalue weighted by Crippen LogP contribution is 2.27. The van der Waals surface area contributed by atoms with Crippen LogP contribution in [-0.2, 0) is 16.6 Å². The lowest BCUT2D eigenvalue weighted by molar-refractivity contribution is 0.102. The minimum absolute atomic E-state index is 0.0263. The van der Waals surface area contributed by atoms with Gasteiger partial charge in [0.1, 0.15) is 16.5 Å². The first-order valence-corrected chi connectivity index (χ1v) is 10.9. The molecular formula is C21H18ClF2N3O3S. The van der Waals surface area contributed by atoms with Gasteiger partial charge in [0.2, 0.25) is 0 Å². The number of amides is 1. The van der Waals surface area contributed by atoms with Gasteiger partial charge in [-0.2, -0.15) is 0 Å². The molecule has 1 amide bonds. The molecule has 0 unspecified atom stereocenters. The third-order valence-corrected chi connectivity index (χ3v) is 6.09. The third-order valence-electron chi connectivity index (χ3n) is 4.40. The van der Waals surface area contributed by atoms with Gasteiger partial charge in [0.15, 0.2) is 0 Å². The van der Waals surface area contributed by atoms with E-state index < -0.39 is 32.5 Å². The summed E-state index contributed by atoms with van der Waals surface area (Å²) in [5.41, 5.74) is 6.49. The number of carbonyl (C=O) groups excluding carboxylic acids is 1. The van der Waals surface area contributed by atoms with Crippen LogP contribution >= 0.6 is 11.6 Å². The van der Waals surface area contributed by atoms with E-state index in [1.165, 1.54) is 42.5 Å². The second kappa shape index (κ2) is 9.01. The van der Waals surface area contributed by atoms with Crippen molar-refractivity contribution >= 4 is 38.9 Å². The van der Waals surface area contributed by atoms with E-state index in [0.717, 1.165) is 12.1 Å². The molecule has 0 aliphatic heterocycles. The fourth-order valence-electron chi connectivity index (χ4n) is 2.85. The van der Waals surface area contributed by atoms with E-state index in [0.29, 0.717) is 11.1 Å². The Hall–Kier alpha value is -3.01. The second-order valence-electron chi connectivity index (χ2n) is 6.67. The topological polar surface area (TPSA) is 101 Å². The zero-order valence-corrected chi connectivity index (χ0v) is 17.8. The number of benzene rings is 3. The summed E-state index contributed by atoms with van der Waals surface area (Å²) in [5, 5.41) is 2.39. The van der Waals surface area contributed by atoms with Crippen LogP contribution in [0, 0.1) is 18.6 Å². The van der Waals surface area contributed by atoms with Crippen molar-refractivity contribution in [1.29, 1.82) is 0 Å². The minimum atomic E-state index is -4.28. The Bertz CT molecular complexity index is 1250. The summed E-state index contributed by atoms with van der Waals surface area (Å²) in [6, 6.07) is 11.8. The molecule has 0 heterocycles. The van der Waals surface area contributed by atoms with Crippen LogP contribution in [0.5, 0.6) is 0 Å². The number of hydrogen-bond acceptors (Lipinski definition) is 4. The van der Waals surface area contributed by atoms with Crippen LogP contribution in [0.25, 0.3) is 0 Å². The van der Waals surface area contributed by atoms with E-state index >= 15 is 0 Å². The number of rotatable bonds is 6. The van der Waals surface area contributed by atoms with E-state index in [4.69, 9.17) is 17.3 Å². The fourth-order valence-corrected chi connectivity index (χ4v) is 4.36. The smallest absolute Gasteiger partial charge is 0.264 e. The van der Waals surface area contributed by atoms with Gasteiger partial charge in [0.25, 0.3) is 15.9 Å². The predicted molar refractivity (Wildman–Crippen MR) is 116 cm³/mol. The fraction of sp³-hybridized carbons (Fsp3) is 0.0952. The van der Waals surface area contributed by atoms with Crippen LogP contribution in [0.2, 0.25) is 5.02 Å². The molecule has 6 nitrogen and oxygen atoms in total. The Morgan fingerprint density at radius 2 is 1.81 bits per heavy atom. The molecule has 0 saturated heterocycles. The van der Waals surface area contributed by atoms with Crippen LogP contribution in [0.1, 0.15) is 21.5 Å². The number of carbonyl (C=O) groups is 1. The molecule has 0 saturated carbocycles. The van der Waals surface area contributed by atoms with E-state index in [9.17, 15) is 22.0 Å². The molecule has 10 heteroatoms. The van der Waals surface area contributed by atoms with Crippen molar-refractivity contribution in [2.45, 2.75) is 18.4 Å². The zero-order chi connectivity index (χ0) is 22.8. The predicted octanol–water partition coefficient (Wildman–Crippen LogP) is 4.44. The molecule has 3 aromatic carbocycles. The van der Waals surface area contributed by atoms with E-state index in [1.54, 1.807) is 6.92 Å². The molecule has 0 fully saturated rings. The highest BCUT2D eigenvalue weighted by atomic mass is 35.5. The average Bonchev–Trinajstić information content (AvgIpc) is 2.69. The molecule has 0 aromatic heterocycles. The lowest BCUT2D eigenvalue weighted by Gasteiger charge is -2.15. The number of hydrogen-bond donors (Lipinski definition) is 3. The lowest BCUT2D eigenvalue weighted by atomic mass is 10.1. The normalized spacial score (nSPS) is 11.3. The van der Waals surface area contributed by atoms with Crippen molar-refractivity contribution in [3.05, 3.63) is 87.9 Å². The van der Waals surface area contributed by atoms with E-state index in [1.807, 2.05) is 0 Å². The molecular weight excluding hydrogens is 448 g/mol. The van der Waals surface area contributed by atoms with Gasteiger partial charge in [-0.3, -0.25) is 9.52 Å². The Labute approximate surface area is 183 Å². The van der Waals surface area contributed by atoms with Crippen LogP contribution in [0.4, 0.5) is 20.2 Å². The maximum Gasteiger partial charge on any atom is 0.264 e. The van der Waals surface area contributed by atoms with E-state index in [2.05, 4.69) is 10.0 Å². The lowest BCUT2D eigenvalue weighted by Crippen LogP contribution is -2.18. The monoisotopic (exact) mass is 465 g/mol. The maximum atomic E-state index is 14.1. The van der Waals surface area contributed by atoms with Gasteiger partial charge < -0.3 is 11.1 Å². The molecule has 0 spiro atoms. The Morgan fingerprint density at radius 1 is 1.06 bits per heavy atom. The zero-order valence-electron chi connectivity index (χ0n) is 16.2. The summed E-state index contributed by atoms with van der Waals surface area (Å²) in [4.78, 5) is 11.9. The number of nitrogens with one attached hydrogen (secondary N) is 2. The van der Waals surface area contributed by atoms with Gasteiger partial charge >= 0.3 is 0 Å². The molecule has 162 valence electrons. The van der Waals surface area contributed by atoms with Gasteiger partial charge in [-0.15, -0.1) is 0 Å². The molecule has 4 N–H and O–H groups in total. The standard InChI is InChI=1S/C21H18ClF2N3O3S/c1-12-5-8-16(23)19(9-12)31(29,30)27-18-10-14(7-6-13(18)11-25)26-21(28)20-15(22)3-2-4-17(20)24/h2-10,27H,11,25H2,1H3,(H,26,28). The first-order chi connectivity index (χ1) is 14.6. The van der Waals surface area contributed by atoms with Gasteiger partial charge in [0, 0.05) is 12.2 Å². The van der Waals surface area contributed by atoms with Crippen LogP contribution in [0.3, 0.4) is 0 Å². The van der Waals surface area contributed by atoms with Crippen LogP contribution in [0.15, 0.2) is 59.5 Å².